The number of nitrogens with zero attached hydrogens (tertiary/aromatic N) is 6. The number of aromatic nitrogens is 6. The number of hydrogen-bond acceptors (Lipinski definition) is 6. The summed E-state index contributed by atoms with van der Waals surface area (Å²) in [6.45, 7) is 4.69. The quantitative estimate of drug-likeness (QED) is 0.0673. The normalized spacial score (nSPS) is 11.3. The molecule has 2 aromatic heterocycles. The molecule has 0 unspecified atom stereocenters. The van der Waals surface area contributed by atoms with Crippen molar-refractivity contribution in [1.29, 1.82) is 0 Å². The molecular formula is C129H90N6. The van der Waals surface area contributed by atoms with Gasteiger partial charge in [-0.05, 0) is 276 Å². The molecule has 0 saturated heterocycles. The second-order valence-electron chi connectivity index (χ2n) is 34.9. The van der Waals surface area contributed by atoms with Gasteiger partial charge in [0.15, 0.2) is 34.9 Å². The fraction of sp³-hybridized carbons (Fsp3) is 0.0233. The van der Waals surface area contributed by atoms with Crippen LogP contribution in [0.15, 0.2) is 510 Å². The molecule has 0 aliphatic heterocycles. The summed E-state index contributed by atoms with van der Waals surface area (Å²) in [6, 6.07) is 182. The lowest BCUT2D eigenvalue weighted by molar-refractivity contribution is 0.644. The summed E-state index contributed by atoms with van der Waals surface area (Å²) in [7, 11) is 0. The van der Waals surface area contributed by atoms with Crippen molar-refractivity contribution in [1.82, 2.24) is 29.9 Å². The van der Waals surface area contributed by atoms with Crippen LogP contribution in [0.25, 0.3) is 224 Å². The van der Waals surface area contributed by atoms with Gasteiger partial charge in [-0.3, -0.25) is 0 Å². The molecule has 6 heteroatoms. The highest BCUT2D eigenvalue weighted by Crippen LogP contribution is 2.47. The van der Waals surface area contributed by atoms with E-state index in [0.717, 1.165) is 200 Å². The molecule has 22 rings (SSSR count). The molecule has 0 atom stereocenters. The molecule has 0 spiro atoms. The maximum atomic E-state index is 5.54. The molecule has 0 N–H and O–H groups in total. The third-order valence-electron chi connectivity index (χ3n) is 25.7. The molecule has 22 aromatic rings. The van der Waals surface area contributed by atoms with Gasteiger partial charge >= 0.3 is 0 Å². The SMILES string of the molecule is CC(C)(c1ccccc1-c1cccc(-c2nc(-c3cccc(-c4cc(-c5ccccc5)cc(-c5ccccc5)c4)c3)nc(-c3cccc(-c4cc(-c5ccccc5)cc(-c5ccccc5)c4)c3)n2)c1)c1ccccc1-c1cccc(-c2nc(-c3cccc(-c4cc(-c5ccccc5)cc(-c5ccccc5)c4)c3)nc(-c3cccc(-c4cc(-c5ccccc5)cc(-c5ccccc5)c4)c3)n2)c1. The monoisotopic (exact) mass is 1720 g/mol. The van der Waals surface area contributed by atoms with E-state index in [4.69, 9.17) is 29.9 Å². The minimum Gasteiger partial charge on any atom is -0.208 e. The van der Waals surface area contributed by atoms with Crippen LogP contribution in [-0.2, 0) is 5.41 Å². The second kappa shape index (κ2) is 37.1. The van der Waals surface area contributed by atoms with Crippen LogP contribution in [0.5, 0.6) is 0 Å². The Labute approximate surface area is 788 Å². The van der Waals surface area contributed by atoms with E-state index in [0.29, 0.717) is 34.9 Å². The molecule has 0 radical (unpaired) electrons. The van der Waals surface area contributed by atoms with Crippen molar-refractivity contribution in [3.05, 3.63) is 521 Å². The summed E-state index contributed by atoms with van der Waals surface area (Å²) >= 11 is 0. The Kier molecular flexibility index (Phi) is 22.8. The maximum absolute atomic E-state index is 5.54. The van der Waals surface area contributed by atoms with E-state index >= 15 is 0 Å². The molecule has 0 aliphatic rings. The van der Waals surface area contributed by atoms with Crippen LogP contribution in [0, 0.1) is 0 Å². The molecular weight excluding hydrogens is 1630 g/mol. The van der Waals surface area contributed by atoms with Gasteiger partial charge in [0, 0.05) is 38.8 Å². The van der Waals surface area contributed by atoms with Crippen LogP contribution in [0.1, 0.15) is 25.0 Å². The Morgan fingerprint density at radius 2 is 0.237 bits per heavy atom. The Morgan fingerprint density at radius 3 is 0.422 bits per heavy atom. The lowest BCUT2D eigenvalue weighted by atomic mass is 9.72. The fourth-order valence-electron chi connectivity index (χ4n) is 18.8. The third-order valence-corrected chi connectivity index (χ3v) is 25.7. The summed E-state index contributed by atoms with van der Waals surface area (Å²) in [6.07, 6.45) is 0. The zero-order valence-electron chi connectivity index (χ0n) is 74.7. The smallest absolute Gasteiger partial charge is 0.164 e. The Morgan fingerprint density at radius 1 is 0.111 bits per heavy atom. The lowest BCUT2D eigenvalue weighted by Gasteiger charge is -2.31. The van der Waals surface area contributed by atoms with Gasteiger partial charge in [-0.1, -0.05) is 414 Å². The third kappa shape index (κ3) is 17.8. The topological polar surface area (TPSA) is 77.3 Å². The standard InChI is InChI=1S/C129H90N6/c1-129(2,121-67-29-27-65-119(121)99-57-35-63-105(73-99)127-132-123(101-59-31-53-95(69-101)115-79-107(87-37-11-3-12-38-87)75-108(80-115)88-39-13-4-14-40-88)130-124(133-127)102-60-32-54-96(70-102)116-81-109(89-41-15-5-16-42-89)76-110(82-116)90-43-17-6-18-44-90)122-68-30-28-66-120(122)100-58-36-64-106(74-100)128-134-125(103-61-33-55-97(71-103)117-83-111(91-45-19-7-20-46-91)77-112(84-117)92-47-21-8-22-48-92)131-126(135-128)104-62-34-56-98(72-104)118-85-113(93-49-23-9-24-50-93)78-114(86-118)94-51-25-10-26-52-94/h3-86H,1-2H3. The van der Waals surface area contributed by atoms with E-state index < -0.39 is 5.41 Å². The van der Waals surface area contributed by atoms with Crippen LogP contribution in [0.2, 0.25) is 0 Å². The lowest BCUT2D eigenvalue weighted by Crippen LogP contribution is -2.21. The maximum Gasteiger partial charge on any atom is 0.164 e. The highest BCUT2D eigenvalue weighted by Gasteiger charge is 2.30. The molecule has 20 aromatic carbocycles. The van der Waals surface area contributed by atoms with Gasteiger partial charge in [0.25, 0.3) is 0 Å². The Hall–Kier alpha value is -17.6. The second-order valence-corrected chi connectivity index (χ2v) is 34.9. The van der Waals surface area contributed by atoms with E-state index in [9.17, 15) is 0 Å². The highest BCUT2D eigenvalue weighted by atomic mass is 15.0. The minimum absolute atomic E-state index is 0.550. The van der Waals surface area contributed by atoms with Gasteiger partial charge in [0.1, 0.15) is 0 Å². The van der Waals surface area contributed by atoms with Crippen LogP contribution < -0.4 is 0 Å². The van der Waals surface area contributed by atoms with Crippen molar-refractivity contribution in [3.8, 4) is 224 Å². The van der Waals surface area contributed by atoms with E-state index in [1.807, 2.05) is 0 Å². The van der Waals surface area contributed by atoms with Gasteiger partial charge in [-0.2, -0.15) is 0 Å². The fourth-order valence-corrected chi connectivity index (χ4v) is 18.8. The summed E-state index contributed by atoms with van der Waals surface area (Å²) in [5, 5.41) is 0. The van der Waals surface area contributed by atoms with Crippen molar-refractivity contribution in [2.75, 3.05) is 0 Å². The van der Waals surface area contributed by atoms with E-state index in [1.165, 1.54) is 0 Å². The predicted octanol–water partition coefficient (Wildman–Crippen LogP) is 33.7. The Balaban J connectivity index is 0.642. The summed E-state index contributed by atoms with van der Waals surface area (Å²) in [5.41, 5.74) is 37.8. The largest absolute Gasteiger partial charge is 0.208 e. The van der Waals surface area contributed by atoms with Crippen LogP contribution >= 0.6 is 0 Å². The van der Waals surface area contributed by atoms with Crippen LogP contribution in [0.4, 0.5) is 0 Å². The van der Waals surface area contributed by atoms with E-state index in [2.05, 4.69) is 523 Å². The number of hydrogen-bond donors (Lipinski definition) is 0. The van der Waals surface area contributed by atoms with E-state index in [1.54, 1.807) is 0 Å². The summed E-state index contributed by atoms with van der Waals surface area (Å²) < 4.78 is 0. The first-order valence-electron chi connectivity index (χ1n) is 46.0. The molecule has 0 aliphatic carbocycles. The van der Waals surface area contributed by atoms with Gasteiger partial charge in [-0.25, -0.2) is 29.9 Å². The van der Waals surface area contributed by atoms with Crippen molar-refractivity contribution in [2.45, 2.75) is 19.3 Å². The summed E-state index contributed by atoms with van der Waals surface area (Å²) in [4.78, 5) is 33.2. The molecule has 0 amide bonds. The van der Waals surface area contributed by atoms with Gasteiger partial charge < -0.3 is 0 Å². The molecule has 2 heterocycles. The molecule has 135 heavy (non-hydrogen) atoms. The minimum atomic E-state index is -0.581. The van der Waals surface area contributed by atoms with Gasteiger partial charge in [0.2, 0.25) is 0 Å². The van der Waals surface area contributed by atoms with E-state index in [-0.39, 0.29) is 0 Å². The predicted molar refractivity (Wildman–Crippen MR) is 561 cm³/mol. The first kappa shape index (κ1) is 83.1. The van der Waals surface area contributed by atoms with Gasteiger partial charge in [0.05, 0.1) is 0 Å². The van der Waals surface area contributed by atoms with Crippen LogP contribution in [-0.4, -0.2) is 29.9 Å². The average molecular weight is 1720 g/mol. The van der Waals surface area contributed by atoms with Gasteiger partial charge in [-0.15, -0.1) is 0 Å². The highest BCUT2D eigenvalue weighted by molar-refractivity contribution is 5.90. The number of rotatable bonds is 22. The molecule has 6 nitrogen and oxygen atoms in total. The summed E-state index contributed by atoms with van der Waals surface area (Å²) in [5.74, 6) is 3.32. The molecule has 636 valence electrons. The Bertz CT molecular complexity index is 7000. The zero-order chi connectivity index (χ0) is 90.4. The van der Waals surface area contributed by atoms with Crippen molar-refractivity contribution in [3.63, 3.8) is 0 Å². The molecule has 0 saturated carbocycles. The molecule has 0 bridgehead atoms. The average Bonchev–Trinajstić information content (AvgIpc) is 0.708. The van der Waals surface area contributed by atoms with Crippen molar-refractivity contribution >= 4 is 0 Å². The van der Waals surface area contributed by atoms with Crippen LogP contribution in [0.3, 0.4) is 0 Å². The van der Waals surface area contributed by atoms with Crippen molar-refractivity contribution < 1.29 is 0 Å². The zero-order valence-corrected chi connectivity index (χ0v) is 74.7. The molecule has 0 fully saturated rings. The number of benzene rings is 20. The first-order chi connectivity index (χ1) is 66.6. The first-order valence-corrected chi connectivity index (χ1v) is 46.0. The van der Waals surface area contributed by atoms with Crippen molar-refractivity contribution in [2.24, 2.45) is 0 Å².